The van der Waals surface area contributed by atoms with Crippen molar-refractivity contribution in [2.24, 2.45) is 0 Å². The third kappa shape index (κ3) is 4.46. The SMILES string of the molecule is CC(O)CCCNS(=O)(=O)N1CCCC1. The van der Waals surface area contributed by atoms with E-state index in [-0.39, 0.29) is 6.10 Å². The van der Waals surface area contributed by atoms with Gasteiger partial charge in [0.2, 0.25) is 0 Å². The van der Waals surface area contributed by atoms with Crippen LogP contribution >= 0.6 is 0 Å². The number of nitrogens with zero attached hydrogens (tertiary/aromatic N) is 1. The normalized spacial score (nSPS) is 20.7. The van der Waals surface area contributed by atoms with E-state index in [4.69, 9.17) is 5.11 Å². The van der Waals surface area contributed by atoms with E-state index in [1.165, 1.54) is 4.31 Å². The fraction of sp³-hybridized carbons (Fsp3) is 1.00. The van der Waals surface area contributed by atoms with Crippen LogP contribution in [0.3, 0.4) is 0 Å². The molecule has 1 atom stereocenters. The molecule has 1 aliphatic heterocycles. The topological polar surface area (TPSA) is 69.6 Å². The van der Waals surface area contributed by atoms with Gasteiger partial charge in [0, 0.05) is 19.6 Å². The molecule has 0 aromatic heterocycles. The molecule has 0 aromatic rings. The van der Waals surface area contributed by atoms with E-state index in [1.54, 1.807) is 6.92 Å². The molecule has 15 heavy (non-hydrogen) atoms. The first-order valence-corrected chi connectivity index (χ1v) is 6.89. The lowest BCUT2D eigenvalue weighted by atomic mass is 10.2. The summed E-state index contributed by atoms with van der Waals surface area (Å²) in [4.78, 5) is 0. The third-order valence-electron chi connectivity index (χ3n) is 2.49. The van der Waals surface area contributed by atoms with Crippen molar-refractivity contribution in [3.05, 3.63) is 0 Å². The van der Waals surface area contributed by atoms with Gasteiger partial charge in [0.1, 0.15) is 0 Å². The molecule has 1 rings (SSSR count). The molecule has 0 radical (unpaired) electrons. The van der Waals surface area contributed by atoms with Crippen molar-refractivity contribution < 1.29 is 13.5 Å². The van der Waals surface area contributed by atoms with E-state index in [0.29, 0.717) is 32.5 Å². The number of aliphatic hydroxyl groups excluding tert-OH is 1. The van der Waals surface area contributed by atoms with Crippen LogP contribution in [0.25, 0.3) is 0 Å². The average molecular weight is 236 g/mol. The van der Waals surface area contributed by atoms with Crippen LogP contribution in [-0.4, -0.2) is 43.6 Å². The van der Waals surface area contributed by atoms with E-state index in [1.807, 2.05) is 0 Å². The fourth-order valence-electron chi connectivity index (χ4n) is 1.62. The highest BCUT2D eigenvalue weighted by molar-refractivity contribution is 7.87. The van der Waals surface area contributed by atoms with Crippen LogP contribution in [0.5, 0.6) is 0 Å². The molecule has 5 nitrogen and oxygen atoms in total. The summed E-state index contributed by atoms with van der Waals surface area (Å²) < 4.78 is 27.3. The molecule has 2 N–H and O–H groups in total. The highest BCUT2D eigenvalue weighted by atomic mass is 32.2. The van der Waals surface area contributed by atoms with Gasteiger partial charge in [0.25, 0.3) is 10.2 Å². The molecule has 1 saturated heterocycles. The van der Waals surface area contributed by atoms with Crippen LogP contribution in [0.4, 0.5) is 0 Å². The highest BCUT2D eigenvalue weighted by Gasteiger charge is 2.24. The van der Waals surface area contributed by atoms with Crippen molar-refractivity contribution in [2.75, 3.05) is 19.6 Å². The van der Waals surface area contributed by atoms with Gasteiger partial charge < -0.3 is 5.11 Å². The molecule has 1 aliphatic rings. The van der Waals surface area contributed by atoms with Crippen LogP contribution < -0.4 is 4.72 Å². The molecule has 0 amide bonds. The smallest absolute Gasteiger partial charge is 0.279 e. The molecule has 0 spiro atoms. The predicted molar refractivity (Wildman–Crippen MR) is 58.6 cm³/mol. The maximum atomic E-state index is 11.6. The van der Waals surface area contributed by atoms with E-state index >= 15 is 0 Å². The largest absolute Gasteiger partial charge is 0.393 e. The van der Waals surface area contributed by atoms with Crippen molar-refractivity contribution in [2.45, 2.75) is 38.7 Å². The van der Waals surface area contributed by atoms with Gasteiger partial charge in [-0.3, -0.25) is 0 Å². The Morgan fingerprint density at radius 2 is 2.00 bits per heavy atom. The van der Waals surface area contributed by atoms with Gasteiger partial charge in [0.15, 0.2) is 0 Å². The van der Waals surface area contributed by atoms with Gasteiger partial charge in [-0.2, -0.15) is 12.7 Å². The lowest BCUT2D eigenvalue weighted by Crippen LogP contribution is -2.39. The number of aliphatic hydroxyl groups is 1. The first-order chi connectivity index (χ1) is 7.02. The average Bonchev–Trinajstić information content (AvgIpc) is 2.65. The van der Waals surface area contributed by atoms with Gasteiger partial charge in [0.05, 0.1) is 6.10 Å². The van der Waals surface area contributed by atoms with Crippen LogP contribution in [0.1, 0.15) is 32.6 Å². The first kappa shape index (κ1) is 12.9. The van der Waals surface area contributed by atoms with E-state index in [2.05, 4.69) is 4.72 Å². The van der Waals surface area contributed by atoms with Crippen molar-refractivity contribution in [3.63, 3.8) is 0 Å². The minimum atomic E-state index is -3.26. The molecule has 1 fully saturated rings. The second-order valence-electron chi connectivity index (χ2n) is 4.00. The number of hydrogen-bond donors (Lipinski definition) is 2. The summed E-state index contributed by atoms with van der Waals surface area (Å²) in [6.07, 6.45) is 2.84. The Labute approximate surface area is 91.7 Å². The van der Waals surface area contributed by atoms with E-state index in [0.717, 1.165) is 12.8 Å². The number of rotatable bonds is 6. The quantitative estimate of drug-likeness (QED) is 0.642. The third-order valence-corrected chi connectivity index (χ3v) is 4.10. The van der Waals surface area contributed by atoms with Gasteiger partial charge >= 0.3 is 0 Å². The van der Waals surface area contributed by atoms with Crippen LogP contribution in [0.15, 0.2) is 0 Å². The van der Waals surface area contributed by atoms with Crippen molar-refractivity contribution in [3.8, 4) is 0 Å². The van der Waals surface area contributed by atoms with Gasteiger partial charge in [-0.25, -0.2) is 4.72 Å². The minimum absolute atomic E-state index is 0.360. The van der Waals surface area contributed by atoms with Gasteiger partial charge in [-0.15, -0.1) is 0 Å². The van der Waals surface area contributed by atoms with Crippen LogP contribution in [0.2, 0.25) is 0 Å². The van der Waals surface area contributed by atoms with Crippen molar-refractivity contribution >= 4 is 10.2 Å². The summed E-state index contributed by atoms with van der Waals surface area (Å²) in [6.45, 7) is 3.37. The monoisotopic (exact) mass is 236 g/mol. The van der Waals surface area contributed by atoms with Crippen molar-refractivity contribution in [1.29, 1.82) is 0 Å². The Morgan fingerprint density at radius 1 is 1.40 bits per heavy atom. The molecule has 1 unspecified atom stereocenters. The predicted octanol–water partition coefficient (Wildman–Crippen LogP) is 0.0776. The Balaban J connectivity index is 2.24. The lowest BCUT2D eigenvalue weighted by Gasteiger charge is -2.16. The zero-order valence-electron chi connectivity index (χ0n) is 9.15. The first-order valence-electron chi connectivity index (χ1n) is 5.45. The lowest BCUT2D eigenvalue weighted by molar-refractivity contribution is 0.182. The minimum Gasteiger partial charge on any atom is -0.393 e. The van der Waals surface area contributed by atoms with E-state index < -0.39 is 10.2 Å². The summed E-state index contributed by atoms with van der Waals surface area (Å²) in [6, 6.07) is 0. The molecule has 1 heterocycles. The maximum absolute atomic E-state index is 11.6. The Hall–Kier alpha value is -0.170. The Morgan fingerprint density at radius 3 is 2.53 bits per heavy atom. The summed E-state index contributed by atoms with van der Waals surface area (Å²) in [5.41, 5.74) is 0. The molecule has 0 aliphatic carbocycles. The number of nitrogens with one attached hydrogen (secondary N) is 1. The molecular formula is C9H20N2O3S. The fourth-order valence-corrected chi connectivity index (χ4v) is 2.94. The maximum Gasteiger partial charge on any atom is 0.279 e. The standard InChI is InChI=1S/C9H20N2O3S/c1-9(12)5-4-6-10-15(13,14)11-7-2-3-8-11/h9-10,12H,2-8H2,1H3. The molecule has 0 aromatic carbocycles. The van der Waals surface area contributed by atoms with Gasteiger partial charge in [-0.1, -0.05) is 0 Å². The number of hydrogen-bond acceptors (Lipinski definition) is 3. The second-order valence-corrected chi connectivity index (χ2v) is 5.75. The van der Waals surface area contributed by atoms with Crippen LogP contribution in [-0.2, 0) is 10.2 Å². The summed E-state index contributed by atoms with van der Waals surface area (Å²) >= 11 is 0. The van der Waals surface area contributed by atoms with Gasteiger partial charge in [-0.05, 0) is 32.6 Å². The Bertz CT molecular complexity index is 271. The molecular weight excluding hydrogens is 216 g/mol. The van der Waals surface area contributed by atoms with Crippen LogP contribution in [0, 0.1) is 0 Å². The molecule has 6 heteroatoms. The molecule has 90 valence electrons. The summed E-state index contributed by atoms with van der Waals surface area (Å²) in [5, 5.41) is 9.01. The molecule has 0 bridgehead atoms. The zero-order valence-corrected chi connectivity index (χ0v) is 9.96. The molecule has 0 saturated carbocycles. The highest BCUT2D eigenvalue weighted by Crippen LogP contribution is 2.11. The summed E-state index contributed by atoms with van der Waals surface area (Å²) in [5.74, 6) is 0. The zero-order chi connectivity index (χ0) is 11.3. The Kier molecular flexibility index (Phi) is 4.98. The van der Waals surface area contributed by atoms with Crippen molar-refractivity contribution in [1.82, 2.24) is 9.03 Å². The second kappa shape index (κ2) is 5.79. The summed E-state index contributed by atoms with van der Waals surface area (Å²) in [7, 11) is -3.26. The van der Waals surface area contributed by atoms with E-state index in [9.17, 15) is 8.42 Å².